The lowest BCUT2D eigenvalue weighted by atomic mass is 9.95. The second kappa shape index (κ2) is 5.21. The highest BCUT2D eigenvalue weighted by Gasteiger charge is 2.43. The molecule has 1 aliphatic carbocycles. The molecule has 0 bridgehead atoms. The topological polar surface area (TPSA) is 20.3 Å². The molecule has 104 valence electrons. The highest BCUT2D eigenvalue weighted by Crippen LogP contribution is 2.48. The van der Waals surface area contributed by atoms with E-state index in [-0.39, 0.29) is 10.7 Å². The molecule has 4 heteroatoms. The quantitative estimate of drug-likeness (QED) is 0.760. The first-order chi connectivity index (χ1) is 9.09. The molecule has 1 saturated carbocycles. The summed E-state index contributed by atoms with van der Waals surface area (Å²) in [7, 11) is 0. The fraction of sp³-hybridized carbons (Fsp3) is 0.667. The van der Waals surface area contributed by atoms with E-state index in [4.69, 9.17) is 0 Å². The number of fused-ring (bicyclic) bond motifs is 1. The Kier molecular flexibility index (Phi) is 3.73. The zero-order chi connectivity index (χ0) is 13.6. The van der Waals surface area contributed by atoms with Crippen LogP contribution in [0.15, 0.2) is 11.4 Å². The van der Waals surface area contributed by atoms with Crippen molar-refractivity contribution in [1.82, 2.24) is 4.90 Å². The van der Waals surface area contributed by atoms with Crippen molar-refractivity contribution in [3.8, 4) is 0 Å². The number of halogens is 1. The summed E-state index contributed by atoms with van der Waals surface area (Å²) < 4.78 is 0. The molecule has 1 fully saturated rings. The summed E-state index contributed by atoms with van der Waals surface area (Å²) in [6.45, 7) is 5.09. The van der Waals surface area contributed by atoms with Crippen molar-refractivity contribution >= 4 is 33.2 Å². The standard InChI is InChI=1S/C15H20BrNOS/c1-9(2)13(16)15(18)17-7-5-12-11(6-8-19-12)14(17)10-3-4-10/h6,8-10,13-14H,3-5,7H2,1-2H3. The fourth-order valence-corrected chi connectivity index (χ4v) is 4.13. The highest BCUT2D eigenvalue weighted by molar-refractivity contribution is 9.10. The molecule has 1 aliphatic heterocycles. The lowest BCUT2D eigenvalue weighted by molar-refractivity contribution is -0.134. The average Bonchev–Trinajstić information content (AvgIpc) is 3.12. The molecule has 0 spiro atoms. The number of rotatable bonds is 3. The molecule has 2 unspecified atom stereocenters. The number of thiophene rings is 1. The Morgan fingerprint density at radius 2 is 2.21 bits per heavy atom. The van der Waals surface area contributed by atoms with Gasteiger partial charge in [0.1, 0.15) is 0 Å². The molecule has 2 aliphatic rings. The number of nitrogens with zero attached hydrogens (tertiary/aromatic N) is 1. The maximum absolute atomic E-state index is 12.7. The summed E-state index contributed by atoms with van der Waals surface area (Å²) in [6, 6.07) is 2.59. The maximum Gasteiger partial charge on any atom is 0.237 e. The summed E-state index contributed by atoms with van der Waals surface area (Å²) in [4.78, 5) is 16.3. The third kappa shape index (κ3) is 2.49. The third-order valence-corrected chi connectivity index (χ3v) is 6.63. The molecule has 1 aromatic rings. The van der Waals surface area contributed by atoms with Gasteiger partial charge in [-0.05, 0) is 48.1 Å². The van der Waals surface area contributed by atoms with E-state index in [0.717, 1.165) is 13.0 Å². The number of hydrogen-bond acceptors (Lipinski definition) is 2. The van der Waals surface area contributed by atoms with E-state index >= 15 is 0 Å². The van der Waals surface area contributed by atoms with Gasteiger partial charge in [0.05, 0.1) is 10.9 Å². The molecule has 2 heterocycles. The number of carbonyl (C=O) groups is 1. The average molecular weight is 342 g/mol. The molecule has 19 heavy (non-hydrogen) atoms. The Hall–Kier alpha value is -0.350. The van der Waals surface area contributed by atoms with Gasteiger partial charge >= 0.3 is 0 Å². The SMILES string of the molecule is CC(C)C(Br)C(=O)N1CCc2sccc2C1C1CC1. The van der Waals surface area contributed by atoms with E-state index in [1.165, 1.54) is 23.3 Å². The van der Waals surface area contributed by atoms with Gasteiger partial charge in [0.2, 0.25) is 5.91 Å². The van der Waals surface area contributed by atoms with Crippen LogP contribution in [0.4, 0.5) is 0 Å². The van der Waals surface area contributed by atoms with Gasteiger partial charge < -0.3 is 4.90 Å². The maximum atomic E-state index is 12.7. The Bertz CT molecular complexity index is 480. The molecular weight excluding hydrogens is 322 g/mol. The van der Waals surface area contributed by atoms with Crippen LogP contribution in [0.5, 0.6) is 0 Å². The van der Waals surface area contributed by atoms with E-state index in [2.05, 4.69) is 46.1 Å². The van der Waals surface area contributed by atoms with Crippen LogP contribution >= 0.6 is 27.3 Å². The monoisotopic (exact) mass is 341 g/mol. The molecule has 0 saturated heterocycles. The molecule has 0 N–H and O–H groups in total. The van der Waals surface area contributed by atoms with Gasteiger partial charge in [-0.15, -0.1) is 11.3 Å². The van der Waals surface area contributed by atoms with E-state index in [9.17, 15) is 4.79 Å². The largest absolute Gasteiger partial charge is 0.334 e. The van der Waals surface area contributed by atoms with Gasteiger partial charge in [0.15, 0.2) is 0 Å². The van der Waals surface area contributed by atoms with Crippen molar-refractivity contribution in [3.63, 3.8) is 0 Å². The number of alkyl halides is 1. The van der Waals surface area contributed by atoms with Crippen molar-refractivity contribution in [2.45, 2.75) is 44.0 Å². The first kappa shape index (κ1) is 13.6. The smallest absolute Gasteiger partial charge is 0.237 e. The Labute approximate surface area is 127 Å². The number of carbonyl (C=O) groups excluding carboxylic acids is 1. The van der Waals surface area contributed by atoms with Gasteiger partial charge in [0.25, 0.3) is 0 Å². The molecule has 3 rings (SSSR count). The molecule has 1 aromatic heterocycles. The van der Waals surface area contributed by atoms with Gasteiger partial charge in [-0.3, -0.25) is 4.79 Å². The Morgan fingerprint density at radius 1 is 1.47 bits per heavy atom. The van der Waals surface area contributed by atoms with Crippen LogP contribution in [0.1, 0.15) is 43.2 Å². The first-order valence-corrected chi connectivity index (χ1v) is 8.90. The first-order valence-electron chi connectivity index (χ1n) is 7.10. The van der Waals surface area contributed by atoms with Crippen LogP contribution in [-0.2, 0) is 11.2 Å². The predicted molar refractivity (Wildman–Crippen MR) is 82.8 cm³/mol. The zero-order valence-electron chi connectivity index (χ0n) is 11.4. The van der Waals surface area contributed by atoms with Crippen molar-refractivity contribution in [2.75, 3.05) is 6.54 Å². The number of amides is 1. The lowest BCUT2D eigenvalue weighted by Crippen LogP contribution is -2.45. The van der Waals surface area contributed by atoms with Gasteiger partial charge in [-0.1, -0.05) is 29.8 Å². The molecule has 0 aromatic carbocycles. The molecular formula is C15H20BrNOS. The minimum atomic E-state index is -0.0473. The van der Waals surface area contributed by atoms with Crippen molar-refractivity contribution in [1.29, 1.82) is 0 Å². The highest BCUT2D eigenvalue weighted by atomic mass is 79.9. The van der Waals surface area contributed by atoms with Crippen LogP contribution < -0.4 is 0 Å². The van der Waals surface area contributed by atoms with Crippen molar-refractivity contribution < 1.29 is 4.79 Å². The minimum absolute atomic E-state index is 0.0473. The normalized spacial score (nSPS) is 24.4. The predicted octanol–water partition coefficient (Wildman–Crippen LogP) is 4.00. The van der Waals surface area contributed by atoms with Gasteiger partial charge in [-0.2, -0.15) is 0 Å². The summed E-state index contributed by atoms with van der Waals surface area (Å²) >= 11 is 5.44. The van der Waals surface area contributed by atoms with E-state index in [0.29, 0.717) is 17.9 Å². The van der Waals surface area contributed by atoms with Crippen LogP contribution in [-0.4, -0.2) is 22.2 Å². The van der Waals surface area contributed by atoms with Gasteiger partial charge in [0, 0.05) is 11.4 Å². The Morgan fingerprint density at radius 3 is 2.84 bits per heavy atom. The molecule has 2 atom stereocenters. The third-order valence-electron chi connectivity index (χ3n) is 4.19. The molecule has 1 amide bonds. The van der Waals surface area contributed by atoms with Crippen LogP contribution in [0, 0.1) is 11.8 Å². The van der Waals surface area contributed by atoms with Crippen LogP contribution in [0.3, 0.4) is 0 Å². The van der Waals surface area contributed by atoms with E-state index in [1.54, 1.807) is 0 Å². The number of hydrogen-bond donors (Lipinski definition) is 0. The molecule has 0 radical (unpaired) electrons. The van der Waals surface area contributed by atoms with E-state index in [1.807, 2.05) is 11.3 Å². The zero-order valence-corrected chi connectivity index (χ0v) is 13.8. The fourth-order valence-electron chi connectivity index (χ4n) is 2.96. The van der Waals surface area contributed by atoms with Crippen molar-refractivity contribution in [2.24, 2.45) is 11.8 Å². The van der Waals surface area contributed by atoms with Crippen molar-refractivity contribution in [3.05, 3.63) is 21.9 Å². The lowest BCUT2D eigenvalue weighted by Gasteiger charge is -2.38. The summed E-state index contributed by atoms with van der Waals surface area (Å²) in [5, 5.41) is 2.18. The second-order valence-electron chi connectivity index (χ2n) is 6.01. The molecule has 2 nitrogen and oxygen atoms in total. The van der Waals surface area contributed by atoms with E-state index < -0.39 is 0 Å². The Balaban J connectivity index is 1.87. The summed E-state index contributed by atoms with van der Waals surface area (Å²) in [5.74, 6) is 1.32. The van der Waals surface area contributed by atoms with Crippen LogP contribution in [0.2, 0.25) is 0 Å². The second-order valence-corrected chi connectivity index (χ2v) is 8.00. The minimum Gasteiger partial charge on any atom is -0.334 e. The summed E-state index contributed by atoms with van der Waals surface area (Å²) in [6.07, 6.45) is 3.58. The summed E-state index contributed by atoms with van der Waals surface area (Å²) in [5.41, 5.74) is 1.43. The van der Waals surface area contributed by atoms with Gasteiger partial charge in [-0.25, -0.2) is 0 Å². The van der Waals surface area contributed by atoms with Crippen LogP contribution in [0.25, 0.3) is 0 Å².